The molecule has 0 aromatic heterocycles. The molecule has 1 aliphatic rings. The van der Waals surface area contributed by atoms with Crippen LogP contribution in [-0.2, 0) is 0 Å². The third-order valence-electron chi connectivity index (χ3n) is 5.57. The molecule has 6 heteroatoms. The van der Waals surface area contributed by atoms with E-state index in [9.17, 15) is 22.0 Å². The average Bonchev–Trinajstić information content (AvgIpc) is 2.71. The van der Waals surface area contributed by atoms with Crippen LogP contribution in [0.25, 0.3) is 12.2 Å². The Labute approximate surface area is 179 Å². The fourth-order valence-corrected chi connectivity index (χ4v) is 3.78. The Kier molecular flexibility index (Phi) is 7.52. The van der Waals surface area contributed by atoms with Gasteiger partial charge in [-0.2, -0.15) is 13.2 Å². The summed E-state index contributed by atoms with van der Waals surface area (Å²) in [6, 6.07) is 10.1. The van der Waals surface area contributed by atoms with Crippen LogP contribution in [0.15, 0.2) is 48.6 Å². The Morgan fingerprint density at radius 3 is 2.13 bits per heavy atom. The van der Waals surface area contributed by atoms with Gasteiger partial charge in [-0.1, -0.05) is 50.1 Å². The van der Waals surface area contributed by atoms with Crippen molar-refractivity contribution in [2.45, 2.75) is 44.7 Å². The van der Waals surface area contributed by atoms with Crippen molar-refractivity contribution in [3.05, 3.63) is 76.9 Å². The van der Waals surface area contributed by atoms with E-state index in [1.165, 1.54) is 31.2 Å². The second-order valence-corrected chi connectivity index (χ2v) is 8.01. The first-order valence-electron chi connectivity index (χ1n) is 10.4. The van der Waals surface area contributed by atoms with E-state index in [-0.39, 0.29) is 18.4 Å². The summed E-state index contributed by atoms with van der Waals surface area (Å²) in [6.45, 7) is 2.37. The number of rotatable bonds is 6. The average molecular weight is 436 g/mol. The number of alkyl halides is 3. The molecule has 0 atom stereocenters. The van der Waals surface area contributed by atoms with Crippen LogP contribution in [0.4, 0.5) is 22.0 Å². The van der Waals surface area contributed by atoms with Gasteiger partial charge in [-0.05, 0) is 48.0 Å². The first-order chi connectivity index (χ1) is 14.7. The van der Waals surface area contributed by atoms with Crippen LogP contribution in [0.1, 0.15) is 55.2 Å². The standard InChI is InChI=1S/C25H25F5O/c1-17-4-8-19(9-5-17)20-10-6-18(7-11-20)3-2-14-31-21-15-23(26)22(24(27)16-21)12-13-25(28,29)30/h2-3,6-7,10-13,15-17,19H,4-5,8-9,14H2,1H3. The fraction of sp³-hybridized carbons (Fsp3) is 0.360. The zero-order valence-electron chi connectivity index (χ0n) is 17.3. The van der Waals surface area contributed by atoms with Crippen molar-refractivity contribution in [3.63, 3.8) is 0 Å². The van der Waals surface area contributed by atoms with Crippen LogP contribution in [-0.4, -0.2) is 12.8 Å². The Hall–Kier alpha value is -2.63. The third kappa shape index (κ3) is 6.94. The zero-order valence-corrected chi connectivity index (χ0v) is 17.3. The van der Waals surface area contributed by atoms with Crippen molar-refractivity contribution in [1.29, 1.82) is 0 Å². The van der Waals surface area contributed by atoms with E-state index < -0.39 is 23.4 Å². The third-order valence-corrected chi connectivity index (χ3v) is 5.57. The SMILES string of the molecule is CC1CCC(c2ccc(C=CCOc3cc(F)c(C=CC(F)(F)F)c(F)c3)cc2)CC1. The van der Waals surface area contributed by atoms with Crippen molar-refractivity contribution < 1.29 is 26.7 Å². The van der Waals surface area contributed by atoms with Gasteiger partial charge in [0.2, 0.25) is 0 Å². The minimum absolute atomic E-state index is 0.0683. The molecule has 1 saturated carbocycles. The van der Waals surface area contributed by atoms with Crippen molar-refractivity contribution in [1.82, 2.24) is 0 Å². The van der Waals surface area contributed by atoms with Crippen LogP contribution in [0, 0.1) is 17.6 Å². The van der Waals surface area contributed by atoms with E-state index in [1.807, 2.05) is 18.2 Å². The molecular formula is C25H25F5O. The largest absolute Gasteiger partial charge is 0.489 e. The monoisotopic (exact) mass is 436 g/mol. The highest BCUT2D eigenvalue weighted by atomic mass is 19.4. The van der Waals surface area contributed by atoms with E-state index in [1.54, 1.807) is 6.08 Å². The fourth-order valence-electron chi connectivity index (χ4n) is 3.78. The molecule has 1 nitrogen and oxygen atoms in total. The topological polar surface area (TPSA) is 9.23 Å². The van der Waals surface area contributed by atoms with Gasteiger partial charge in [0.05, 0.1) is 0 Å². The molecule has 1 aliphatic carbocycles. The smallest absolute Gasteiger partial charge is 0.409 e. The summed E-state index contributed by atoms with van der Waals surface area (Å²) in [5.41, 5.74) is 1.58. The lowest BCUT2D eigenvalue weighted by Gasteiger charge is -2.26. The van der Waals surface area contributed by atoms with Crippen molar-refractivity contribution in [3.8, 4) is 5.75 Å². The molecule has 2 aromatic carbocycles. The minimum atomic E-state index is -4.65. The quantitative estimate of drug-likeness (QED) is 0.418. The van der Waals surface area contributed by atoms with E-state index >= 15 is 0 Å². The van der Waals surface area contributed by atoms with Gasteiger partial charge in [-0.25, -0.2) is 8.78 Å². The first-order valence-corrected chi connectivity index (χ1v) is 10.4. The molecule has 3 rings (SSSR count). The summed E-state index contributed by atoms with van der Waals surface area (Å²) in [5.74, 6) is -0.894. The van der Waals surface area contributed by atoms with Crippen molar-refractivity contribution >= 4 is 12.2 Å². The Morgan fingerprint density at radius 2 is 1.55 bits per heavy atom. The van der Waals surface area contributed by atoms with Crippen LogP contribution < -0.4 is 4.74 Å². The number of benzene rings is 2. The molecule has 2 aromatic rings. The Balaban J connectivity index is 1.54. The second-order valence-electron chi connectivity index (χ2n) is 8.01. The molecule has 0 saturated heterocycles. The normalized spacial score (nSPS) is 19.9. The van der Waals surface area contributed by atoms with Gasteiger partial charge in [-0.3, -0.25) is 0 Å². The molecule has 166 valence electrons. The zero-order chi connectivity index (χ0) is 22.4. The van der Waals surface area contributed by atoms with Gasteiger partial charge in [-0.15, -0.1) is 0 Å². The van der Waals surface area contributed by atoms with Gasteiger partial charge in [0, 0.05) is 23.8 Å². The highest BCUT2D eigenvalue weighted by molar-refractivity contribution is 5.53. The van der Waals surface area contributed by atoms with E-state index in [2.05, 4.69) is 19.1 Å². The summed E-state index contributed by atoms with van der Waals surface area (Å²) in [5, 5.41) is 0. The number of halogens is 5. The highest BCUT2D eigenvalue weighted by Gasteiger charge is 2.23. The van der Waals surface area contributed by atoms with Crippen LogP contribution in [0.5, 0.6) is 5.75 Å². The van der Waals surface area contributed by atoms with Crippen molar-refractivity contribution in [2.24, 2.45) is 5.92 Å². The molecule has 0 heterocycles. The maximum atomic E-state index is 13.9. The summed E-state index contributed by atoms with van der Waals surface area (Å²) < 4.78 is 69.7. The molecular weight excluding hydrogens is 411 g/mol. The summed E-state index contributed by atoms with van der Waals surface area (Å²) in [7, 11) is 0. The lowest BCUT2D eigenvalue weighted by atomic mass is 9.79. The number of allylic oxidation sites excluding steroid dienone is 1. The summed E-state index contributed by atoms with van der Waals surface area (Å²) in [4.78, 5) is 0. The maximum absolute atomic E-state index is 13.9. The number of ether oxygens (including phenoxy) is 1. The Morgan fingerprint density at radius 1 is 0.935 bits per heavy atom. The lowest BCUT2D eigenvalue weighted by Crippen LogP contribution is -2.10. The second kappa shape index (κ2) is 10.1. The van der Waals surface area contributed by atoms with E-state index in [4.69, 9.17) is 4.74 Å². The maximum Gasteiger partial charge on any atom is 0.409 e. The van der Waals surface area contributed by atoms with Gasteiger partial charge in [0.25, 0.3) is 0 Å². The van der Waals surface area contributed by atoms with Crippen LogP contribution in [0.3, 0.4) is 0 Å². The van der Waals surface area contributed by atoms with Crippen molar-refractivity contribution in [2.75, 3.05) is 6.61 Å². The van der Waals surface area contributed by atoms with Crippen LogP contribution >= 0.6 is 0 Å². The van der Waals surface area contributed by atoms with Gasteiger partial charge in [0.1, 0.15) is 24.0 Å². The molecule has 0 spiro atoms. The molecule has 0 aliphatic heterocycles. The molecule has 0 radical (unpaired) electrons. The predicted molar refractivity (Wildman–Crippen MR) is 113 cm³/mol. The summed E-state index contributed by atoms with van der Waals surface area (Å²) in [6.07, 6.45) is 4.05. The van der Waals surface area contributed by atoms with E-state index in [0.29, 0.717) is 12.0 Å². The number of hydrogen-bond donors (Lipinski definition) is 0. The molecule has 0 bridgehead atoms. The van der Waals surface area contributed by atoms with Gasteiger partial charge < -0.3 is 4.74 Å². The molecule has 1 fully saturated rings. The molecule has 0 amide bonds. The highest BCUT2D eigenvalue weighted by Crippen LogP contribution is 2.35. The summed E-state index contributed by atoms with van der Waals surface area (Å²) >= 11 is 0. The van der Waals surface area contributed by atoms with Gasteiger partial charge in [0.15, 0.2) is 0 Å². The predicted octanol–water partition coefficient (Wildman–Crippen LogP) is 7.93. The van der Waals surface area contributed by atoms with Gasteiger partial charge >= 0.3 is 6.18 Å². The lowest BCUT2D eigenvalue weighted by molar-refractivity contribution is -0.0790. The Bertz CT molecular complexity index is 897. The number of hydrogen-bond acceptors (Lipinski definition) is 1. The molecule has 0 unspecified atom stereocenters. The van der Waals surface area contributed by atoms with Crippen LogP contribution in [0.2, 0.25) is 0 Å². The minimum Gasteiger partial charge on any atom is -0.489 e. The first kappa shape index (κ1) is 23.0. The van der Waals surface area contributed by atoms with E-state index in [0.717, 1.165) is 23.6 Å². The molecule has 0 N–H and O–H groups in total. The molecule has 31 heavy (non-hydrogen) atoms.